The van der Waals surface area contributed by atoms with Crippen molar-refractivity contribution < 1.29 is 9.15 Å². The van der Waals surface area contributed by atoms with Crippen LogP contribution in [0.4, 0.5) is 5.69 Å². The first-order valence-corrected chi connectivity index (χ1v) is 9.84. The summed E-state index contributed by atoms with van der Waals surface area (Å²) >= 11 is 0. The highest BCUT2D eigenvalue weighted by Gasteiger charge is 2.14. The number of hydrogen-bond acceptors (Lipinski definition) is 6. The standard InChI is InChI=1S/C11H19N5O2Si/c1-19(2,3)5-4-17-8-16-6-9(12)10(15-16)11-14-13-7-18-11/h6-7H,4-5,8,12H2,1-3H3. The van der Waals surface area contributed by atoms with Crippen LogP contribution in [0.15, 0.2) is 17.0 Å². The van der Waals surface area contributed by atoms with Crippen molar-refractivity contribution in [1.29, 1.82) is 0 Å². The van der Waals surface area contributed by atoms with Crippen LogP contribution in [0.25, 0.3) is 11.6 Å². The van der Waals surface area contributed by atoms with Crippen molar-refractivity contribution >= 4 is 13.8 Å². The molecule has 0 aliphatic rings. The molecule has 7 nitrogen and oxygen atoms in total. The fourth-order valence-electron chi connectivity index (χ4n) is 1.48. The summed E-state index contributed by atoms with van der Waals surface area (Å²) in [7, 11) is -1.06. The number of nitrogens with two attached hydrogens (primary N) is 1. The number of hydrogen-bond donors (Lipinski definition) is 1. The zero-order valence-corrected chi connectivity index (χ0v) is 12.5. The highest BCUT2D eigenvalue weighted by molar-refractivity contribution is 6.76. The third-order valence-corrected chi connectivity index (χ3v) is 4.28. The van der Waals surface area contributed by atoms with Gasteiger partial charge in [0, 0.05) is 14.7 Å². The summed E-state index contributed by atoms with van der Waals surface area (Å²) < 4.78 is 12.3. The normalized spacial score (nSPS) is 11.9. The Kier molecular flexibility index (Phi) is 4.01. The van der Waals surface area contributed by atoms with Crippen molar-refractivity contribution in [3.8, 4) is 11.6 Å². The summed E-state index contributed by atoms with van der Waals surface area (Å²) in [6.07, 6.45) is 2.95. The number of aromatic nitrogens is 4. The maximum atomic E-state index is 5.85. The Bertz CT molecular complexity index is 518. The number of ether oxygens (including phenoxy) is 1. The van der Waals surface area contributed by atoms with Gasteiger partial charge < -0.3 is 14.9 Å². The van der Waals surface area contributed by atoms with Gasteiger partial charge in [0.2, 0.25) is 6.39 Å². The highest BCUT2D eigenvalue weighted by Crippen LogP contribution is 2.21. The SMILES string of the molecule is C[Si](C)(C)CCOCn1cc(N)c(-c2nnco2)n1. The number of rotatable bonds is 6. The molecule has 19 heavy (non-hydrogen) atoms. The molecule has 0 radical (unpaired) electrons. The molecule has 2 rings (SSSR count). The molecular weight excluding hydrogens is 262 g/mol. The molecular formula is C11H19N5O2Si. The highest BCUT2D eigenvalue weighted by atomic mass is 28.3. The second-order valence-electron chi connectivity index (χ2n) is 5.56. The molecule has 104 valence electrons. The van der Waals surface area contributed by atoms with Crippen molar-refractivity contribution in [1.82, 2.24) is 20.0 Å². The molecule has 2 N–H and O–H groups in total. The fraction of sp³-hybridized carbons (Fsp3) is 0.545. The van der Waals surface area contributed by atoms with Gasteiger partial charge in [-0.15, -0.1) is 10.2 Å². The fourth-order valence-corrected chi connectivity index (χ4v) is 2.24. The molecule has 2 heterocycles. The number of nitrogens with zero attached hydrogens (tertiary/aromatic N) is 4. The Morgan fingerprint density at radius 3 is 2.84 bits per heavy atom. The van der Waals surface area contributed by atoms with Crippen molar-refractivity contribution in [3.05, 3.63) is 12.6 Å². The molecule has 0 fully saturated rings. The molecule has 0 amide bonds. The molecule has 0 aromatic carbocycles. The van der Waals surface area contributed by atoms with Crippen molar-refractivity contribution in [2.75, 3.05) is 12.3 Å². The Balaban J connectivity index is 1.90. The topological polar surface area (TPSA) is 92.0 Å². The lowest BCUT2D eigenvalue weighted by molar-refractivity contribution is 0.0787. The summed E-state index contributed by atoms with van der Waals surface area (Å²) in [4.78, 5) is 0. The van der Waals surface area contributed by atoms with Crippen LogP contribution in [0.5, 0.6) is 0 Å². The molecule has 2 aromatic rings. The van der Waals surface area contributed by atoms with Gasteiger partial charge in [-0.3, -0.25) is 0 Å². The van der Waals surface area contributed by atoms with E-state index in [9.17, 15) is 0 Å². The van der Waals surface area contributed by atoms with Gasteiger partial charge in [0.05, 0.1) is 11.9 Å². The number of nitrogen functional groups attached to an aromatic ring is 1. The second-order valence-corrected chi connectivity index (χ2v) is 11.2. The predicted octanol–water partition coefficient (Wildman–Crippen LogP) is 1.83. The van der Waals surface area contributed by atoms with Crippen molar-refractivity contribution in [2.24, 2.45) is 0 Å². The van der Waals surface area contributed by atoms with E-state index in [1.807, 2.05) is 0 Å². The van der Waals surface area contributed by atoms with E-state index in [0.717, 1.165) is 12.7 Å². The van der Waals surface area contributed by atoms with Crippen LogP contribution in [0.1, 0.15) is 0 Å². The largest absolute Gasteiger partial charge is 0.422 e. The van der Waals surface area contributed by atoms with Crippen LogP contribution in [-0.4, -0.2) is 34.7 Å². The zero-order chi connectivity index (χ0) is 13.9. The van der Waals surface area contributed by atoms with Crippen LogP contribution < -0.4 is 5.73 Å². The maximum Gasteiger partial charge on any atom is 0.270 e. The van der Waals surface area contributed by atoms with Gasteiger partial charge in [0.15, 0.2) is 5.69 Å². The third-order valence-electron chi connectivity index (χ3n) is 2.57. The van der Waals surface area contributed by atoms with Crippen molar-refractivity contribution in [3.63, 3.8) is 0 Å². The Morgan fingerprint density at radius 1 is 1.42 bits per heavy atom. The minimum Gasteiger partial charge on any atom is -0.422 e. The Hall–Kier alpha value is -1.67. The quantitative estimate of drug-likeness (QED) is 0.641. The third kappa shape index (κ3) is 3.90. The van der Waals surface area contributed by atoms with E-state index < -0.39 is 8.07 Å². The molecule has 0 aliphatic heterocycles. The lowest BCUT2D eigenvalue weighted by Gasteiger charge is -2.15. The molecule has 0 aliphatic carbocycles. The molecule has 0 saturated carbocycles. The molecule has 0 bridgehead atoms. The van der Waals surface area contributed by atoms with Gasteiger partial charge in [-0.1, -0.05) is 19.6 Å². The first-order valence-electron chi connectivity index (χ1n) is 6.13. The predicted molar refractivity (Wildman–Crippen MR) is 74.0 cm³/mol. The average Bonchev–Trinajstić information content (AvgIpc) is 2.92. The van der Waals surface area contributed by atoms with Crippen LogP contribution in [0, 0.1) is 0 Å². The van der Waals surface area contributed by atoms with Crippen LogP contribution in [0.3, 0.4) is 0 Å². The smallest absolute Gasteiger partial charge is 0.270 e. The molecule has 0 atom stereocenters. The zero-order valence-electron chi connectivity index (χ0n) is 11.5. The molecule has 0 unspecified atom stereocenters. The Morgan fingerprint density at radius 2 is 2.21 bits per heavy atom. The summed E-state index contributed by atoms with van der Waals surface area (Å²) in [5, 5.41) is 11.7. The summed E-state index contributed by atoms with van der Waals surface area (Å²) in [6, 6.07) is 1.13. The maximum absolute atomic E-state index is 5.85. The summed E-state index contributed by atoms with van der Waals surface area (Å²) in [5.74, 6) is 0.318. The Labute approximate surface area is 112 Å². The van der Waals surface area contributed by atoms with Gasteiger partial charge in [-0.05, 0) is 6.04 Å². The minimum absolute atomic E-state index is 0.318. The van der Waals surface area contributed by atoms with Crippen molar-refractivity contribution in [2.45, 2.75) is 32.4 Å². The summed E-state index contributed by atoms with van der Waals surface area (Å²) in [5.41, 5.74) is 6.84. The lowest BCUT2D eigenvalue weighted by atomic mass is 10.4. The van der Waals surface area contributed by atoms with E-state index in [4.69, 9.17) is 14.9 Å². The van der Waals surface area contributed by atoms with E-state index in [1.54, 1.807) is 10.9 Å². The number of anilines is 1. The first kappa shape index (κ1) is 13.8. The van der Waals surface area contributed by atoms with E-state index >= 15 is 0 Å². The van der Waals surface area contributed by atoms with E-state index in [0.29, 0.717) is 24.0 Å². The molecule has 8 heteroatoms. The van der Waals surface area contributed by atoms with E-state index in [-0.39, 0.29) is 0 Å². The van der Waals surface area contributed by atoms with Crippen LogP contribution in [0.2, 0.25) is 25.7 Å². The van der Waals surface area contributed by atoms with Crippen LogP contribution >= 0.6 is 0 Å². The van der Waals surface area contributed by atoms with Crippen LogP contribution in [-0.2, 0) is 11.5 Å². The monoisotopic (exact) mass is 281 g/mol. The molecule has 0 saturated heterocycles. The average molecular weight is 281 g/mol. The van der Waals surface area contributed by atoms with E-state index in [2.05, 4.69) is 34.9 Å². The summed E-state index contributed by atoms with van der Waals surface area (Å²) in [6.45, 7) is 8.07. The van der Waals surface area contributed by atoms with E-state index in [1.165, 1.54) is 6.39 Å². The lowest BCUT2D eigenvalue weighted by Crippen LogP contribution is -2.22. The van der Waals surface area contributed by atoms with Gasteiger partial charge in [0.1, 0.15) is 6.73 Å². The van der Waals surface area contributed by atoms with Gasteiger partial charge in [-0.2, -0.15) is 5.10 Å². The molecule has 2 aromatic heterocycles. The van der Waals surface area contributed by atoms with Gasteiger partial charge in [0.25, 0.3) is 5.89 Å². The minimum atomic E-state index is -1.06. The molecule has 0 spiro atoms. The van der Waals surface area contributed by atoms with Gasteiger partial charge >= 0.3 is 0 Å². The first-order chi connectivity index (χ1) is 8.96. The van der Waals surface area contributed by atoms with Gasteiger partial charge in [-0.25, -0.2) is 4.68 Å². The second kappa shape index (κ2) is 5.53.